The van der Waals surface area contributed by atoms with Gasteiger partial charge in [0.1, 0.15) is 11.9 Å². The Morgan fingerprint density at radius 1 is 1.42 bits per heavy atom. The van der Waals surface area contributed by atoms with Crippen molar-refractivity contribution in [3.05, 3.63) is 17.1 Å². The number of morpholine rings is 1. The van der Waals surface area contributed by atoms with Crippen molar-refractivity contribution >= 4 is 5.82 Å². The lowest BCUT2D eigenvalue weighted by Gasteiger charge is -2.31. The number of likely N-dealkylation sites (N-methyl/N-ethyl adjacent to an activating group) is 1. The number of nitrogens with one attached hydrogen (secondary N) is 1. The van der Waals surface area contributed by atoms with E-state index in [0.717, 1.165) is 49.7 Å². The fourth-order valence-electron chi connectivity index (χ4n) is 2.45. The lowest BCUT2D eigenvalue weighted by Crippen LogP contribution is -2.38. The molecular weight excluding hydrogens is 242 g/mol. The number of anilines is 1. The van der Waals surface area contributed by atoms with Crippen molar-refractivity contribution in [2.45, 2.75) is 33.3 Å². The molecule has 0 bridgehead atoms. The Kier molecular flexibility index (Phi) is 4.68. The number of hydrogen-bond donors (Lipinski definition) is 2. The first-order valence-corrected chi connectivity index (χ1v) is 6.87. The standard InChI is InChI=1S/C13H23N5O/c1-4-10-9(3)15-13(16-12(10)17-14)11-8-18(5-2)6-7-19-11/h11H,4-8,14H2,1-3H3,(H,15,16,17). The highest BCUT2D eigenvalue weighted by molar-refractivity contribution is 5.45. The summed E-state index contributed by atoms with van der Waals surface area (Å²) in [6.07, 6.45) is 0.795. The van der Waals surface area contributed by atoms with Crippen molar-refractivity contribution in [3.8, 4) is 0 Å². The van der Waals surface area contributed by atoms with Crippen LogP contribution < -0.4 is 11.3 Å². The molecule has 2 heterocycles. The first-order valence-electron chi connectivity index (χ1n) is 6.87. The van der Waals surface area contributed by atoms with E-state index in [1.807, 2.05) is 6.92 Å². The molecule has 106 valence electrons. The molecule has 1 aromatic rings. The monoisotopic (exact) mass is 265 g/mol. The Morgan fingerprint density at radius 3 is 2.84 bits per heavy atom. The average Bonchev–Trinajstić information content (AvgIpc) is 2.46. The number of rotatable bonds is 4. The van der Waals surface area contributed by atoms with Crippen LogP contribution >= 0.6 is 0 Å². The second-order valence-electron chi connectivity index (χ2n) is 4.74. The first kappa shape index (κ1) is 14.2. The summed E-state index contributed by atoms with van der Waals surface area (Å²) in [7, 11) is 0. The maximum absolute atomic E-state index is 5.79. The Bertz CT molecular complexity index is 437. The molecule has 6 nitrogen and oxygen atoms in total. The van der Waals surface area contributed by atoms with E-state index in [1.165, 1.54) is 0 Å². The van der Waals surface area contributed by atoms with Crippen LogP contribution in [-0.2, 0) is 11.2 Å². The van der Waals surface area contributed by atoms with E-state index in [2.05, 4.69) is 34.1 Å². The molecule has 1 aliphatic rings. The largest absolute Gasteiger partial charge is 0.368 e. The maximum atomic E-state index is 5.79. The lowest BCUT2D eigenvalue weighted by atomic mass is 10.1. The van der Waals surface area contributed by atoms with Crippen molar-refractivity contribution in [3.63, 3.8) is 0 Å². The van der Waals surface area contributed by atoms with Crippen LogP contribution in [0.3, 0.4) is 0 Å². The predicted octanol–water partition coefficient (Wildman–Crippen LogP) is 1.03. The molecule has 0 amide bonds. The van der Waals surface area contributed by atoms with Crippen molar-refractivity contribution in [2.24, 2.45) is 5.84 Å². The van der Waals surface area contributed by atoms with Crippen molar-refractivity contribution in [2.75, 3.05) is 31.7 Å². The number of nitrogens with zero attached hydrogens (tertiary/aromatic N) is 3. The number of hydrazine groups is 1. The predicted molar refractivity (Wildman–Crippen MR) is 74.8 cm³/mol. The highest BCUT2D eigenvalue weighted by Gasteiger charge is 2.24. The third-order valence-electron chi connectivity index (χ3n) is 3.61. The van der Waals surface area contributed by atoms with Gasteiger partial charge >= 0.3 is 0 Å². The molecule has 0 spiro atoms. The minimum atomic E-state index is -0.0644. The summed E-state index contributed by atoms with van der Waals surface area (Å²) in [5, 5.41) is 0. The summed E-state index contributed by atoms with van der Waals surface area (Å²) in [6, 6.07) is 0. The maximum Gasteiger partial charge on any atom is 0.161 e. The van der Waals surface area contributed by atoms with E-state index in [9.17, 15) is 0 Å². The number of hydrogen-bond acceptors (Lipinski definition) is 6. The smallest absolute Gasteiger partial charge is 0.161 e. The molecule has 1 aromatic heterocycles. The zero-order chi connectivity index (χ0) is 13.8. The van der Waals surface area contributed by atoms with E-state index < -0.39 is 0 Å². The van der Waals surface area contributed by atoms with Gasteiger partial charge in [-0.25, -0.2) is 15.8 Å². The van der Waals surface area contributed by atoms with Crippen LogP contribution in [0.1, 0.15) is 37.0 Å². The normalized spacial score (nSPS) is 20.5. The molecular formula is C13H23N5O. The summed E-state index contributed by atoms with van der Waals surface area (Å²) in [5.41, 5.74) is 4.71. The number of ether oxygens (including phenoxy) is 1. The molecule has 19 heavy (non-hydrogen) atoms. The van der Waals surface area contributed by atoms with Gasteiger partial charge in [-0.3, -0.25) is 4.90 Å². The van der Waals surface area contributed by atoms with Crippen LogP contribution in [0.4, 0.5) is 5.82 Å². The van der Waals surface area contributed by atoms with Gasteiger partial charge < -0.3 is 10.2 Å². The number of aromatic nitrogens is 2. The molecule has 0 aliphatic carbocycles. The van der Waals surface area contributed by atoms with Crippen LogP contribution in [0.25, 0.3) is 0 Å². The minimum Gasteiger partial charge on any atom is -0.368 e. The topological polar surface area (TPSA) is 76.3 Å². The van der Waals surface area contributed by atoms with Crippen molar-refractivity contribution in [1.29, 1.82) is 0 Å². The molecule has 3 N–H and O–H groups in total. The van der Waals surface area contributed by atoms with Gasteiger partial charge in [-0.15, -0.1) is 0 Å². The third kappa shape index (κ3) is 3.02. The van der Waals surface area contributed by atoms with E-state index >= 15 is 0 Å². The molecule has 2 rings (SSSR count). The summed E-state index contributed by atoms with van der Waals surface area (Å²) in [6.45, 7) is 9.77. The van der Waals surface area contributed by atoms with E-state index in [1.54, 1.807) is 0 Å². The fraction of sp³-hybridized carbons (Fsp3) is 0.692. The number of nitrogens with two attached hydrogens (primary N) is 1. The third-order valence-corrected chi connectivity index (χ3v) is 3.61. The zero-order valence-corrected chi connectivity index (χ0v) is 11.9. The molecule has 1 saturated heterocycles. The van der Waals surface area contributed by atoms with Gasteiger partial charge in [0.05, 0.1) is 6.61 Å². The van der Waals surface area contributed by atoms with Gasteiger partial charge in [-0.2, -0.15) is 0 Å². The summed E-state index contributed by atoms with van der Waals surface area (Å²) >= 11 is 0. The van der Waals surface area contributed by atoms with Gasteiger partial charge in [0.15, 0.2) is 5.82 Å². The van der Waals surface area contributed by atoms with Crippen LogP contribution in [0.5, 0.6) is 0 Å². The second-order valence-corrected chi connectivity index (χ2v) is 4.74. The van der Waals surface area contributed by atoms with Crippen LogP contribution in [0.15, 0.2) is 0 Å². The molecule has 0 aromatic carbocycles. The SMILES string of the molecule is CCc1c(C)nc(C2CN(CC)CCO2)nc1NN. The number of aryl methyl sites for hydroxylation is 1. The van der Waals surface area contributed by atoms with E-state index in [-0.39, 0.29) is 6.10 Å². The second kappa shape index (κ2) is 6.27. The molecule has 1 atom stereocenters. The molecule has 1 fully saturated rings. The minimum absolute atomic E-state index is 0.0644. The number of nitrogen functional groups attached to an aromatic ring is 1. The molecule has 0 radical (unpaired) electrons. The summed E-state index contributed by atoms with van der Waals surface area (Å²) < 4.78 is 5.79. The van der Waals surface area contributed by atoms with E-state index in [4.69, 9.17) is 10.6 Å². The van der Waals surface area contributed by atoms with Gasteiger partial charge in [0.2, 0.25) is 0 Å². The van der Waals surface area contributed by atoms with Crippen LogP contribution in [0.2, 0.25) is 0 Å². The molecule has 6 heteroatoms. The fourth-order valence-corrected chi connectivity index (χ4v) is 2.45. The molecule has 1 aliphatic heterocycles. The highest BCUT2D eigenvalue weighted by Crippen LogP contribution is 2.23. The van der Waals surface area contributed by atoms with Crippen molar-refractivity contribution < 1.29 is 4.74 Å². The molecule has 0 saturated carbocycles. The van der Waals surface area contributed by atoms with Gasteiger partial charge in [-0.1, -0.05) is 13.8 Å². The van der Waals surface area contributed by atoms with Gasteiger partial charge in [0.25, 0.3) is 0 Å². The molecule has 1 unspecified atom stereocenters. The highest BCUT2D eigenvalue weighted by atomic mass is 16.5. The quantitative estimate of drug-likeness (QED) is 0.625. The first-order chi connectivity index (χ1) is 9.19. The Labute approximate surface area is 114 Å². The zero-order valence-electron chi connectivity index (χ0n) is 11.9. The lowest BCUT2D eigenvalue weighted by molar-refractivity contribution is -0.0326. The van der Waals surface area contributed by atoms with Gasteiger partial charge in [0, 0.05) is 24.3 Å². The summed E-state index contributed by atoms with van der Waals surface area (Å²) in [4.78, 5) is 11.4. The van der Waals surface area contributed by atoms with Gasteiger partial charge in [-0.05, 0) is 19.9 Å². The van der Waals surface area contributed by atoms with Crippen molar-refractivity contribution in [1.82, 2.24) is 14.9 Å². The van der Waals surface area contributed by atoms with Crippen LogP contribution in [-0.4, -0.2) is 41.1 Å². The Hall–Kier alpha value is -1.24. The summed E-state index contributed by atoms with van der Waals surface area (Å²) in [5.74, 6) is 6.99. The average molecular weight is 265 g/mol. The van der Waals surface area contributed by atoms with E-state index in [0.29, 0.717) is 5.82 Å². The Balaban J connectivity index is 2.27. The Morgan fingerprint density at radius 2 is 2.21 bits per heavy atom. The van der Waals surface area contributed by atoms with Crippen LogP contribution in [0, 0.1) is 6.92 Å².